The first-order valence-electron chi connectivity index (χ1n) is 6.99. The molecule has 1 unspecified atom stereocenters. The highest BCUT2D eigenvalue weighted by atomic mass is 35.5. The van der Waals surface area contributed by atoms with E-state index >= 15 is 0 Å². The second kappa shape index (κ2) is 8.20. The molecule has 0 aliphatic heterocycles. The Morgan fingerprint density at radius 2 is 2.10 bits per heavy atom. The number of nitrogens with one attached hydrogen (secondary N) is 1. The Morgan fingerprint density at radius 3 is 2.67 bits per heavy atom. The van der Waals surface area contributed by atoms with E-state index in [9.17, 15) is 9.59 Å². The number of nitrogens with zero attached hydrogens (tertiary/aromatic N) is 1. The zero-order valence-electron chi connectivity index (χ0n) is 13.0. The number of aromatic nitrogens is 1. The molecule has 0 bridgehead atoms. The largest absolute Gasteiger partial charge is 0.383 e. The summed E-state index contributed by atoms with van der Waals surface area (Å²) in [5.74, 6) is -0.112. The molecule has 0 saturated carbocycles. The summed E-state index contributed by atoms with van der Waals surface area (Å²) in [6, 6.07) is 1.83. The molecular weight excluding hydrogens is 292 g/mol. The number of hydrogen-bond acceptors (Lipinski definition) is 3. The summed E-state index contributed by atoms with van der Waals surface area (Å²) in [4.78, 5) is 23.7. The third-order valence-corrected chi connectivity index (χ3v) is 3.59. The number of rotatable bonds is 8. The van der Waals surface area contributed by atoms with E-state index < -0.39 is 5.38 Å². The van der Waals surface area contributed by atoms with Crippen LogP contribution in [0.1, 0.15) is 35.1 Å². The van der Waals surface area contributed by atoms with Crippen LogP contribution in [0.5, 0.6) is 0 Å². The fourth-order valence-electron chi connectivity index (χ4n) is 2.20. The Labute approximate surface area is 130 Å². The summed E-state index contributed by atoms with van der Waals surface area (Å²) in [6.45, 7) is 7.01. The summed E-state index contributed by atoms with van der Waals surface area (Å²) < 4.78 is 6.85. The molecule has 0 radical (unpaired) electrons. The van der Waals surface area contributed by atoms with Crippen LogP contribution in [0.4, 0.5) is 0 Å². The van der Waals surface area contributed by atoms with Crippen molar-refractivity contribution in [2.45, 2.75) is 39.1 Å². The van der Waals surface area contributed by atoms with Gasteiger partial charge >= 0.3 is 0 Å². The average Bonchev–Trinajstić information content (AvgIpc) is 2.71. The Bertz CT molecular complexity index is 509. The van der Waals surface area contributed by atoms with Crippen molar-refractivity contribution in [3.05, 3.63) is 23.0 Å². The molecule has 0 fully saturated rings. The minimum atomic E-state index is -0.545. The van der Waals surface area contributed by atoms with E-state index in [1.54, 1.807) is 14.0 Å². The molecule has 1 aromatic heterocycles. The highest BCUT2D eigenvalue weighted by Gasteiger charge is 2.19. The summed E-state index contributed by atoms with van der Waals surface area (Å²) in [5.41, 5.74) is 2.45. The first-order valence-corrected chi connectivity index (χ1v) is 7.42. The van der Waals surface area contributed by atoms with Crippen LogP contribution in [0.2, 0.25) is 0 Å². The number of hydrogen-bond donors (Lipinski definition) is 1. The SMILES string of the molecule is COCCNC(=O)CCn1c(C)cc(C(=O)C(C)Cl)c1C. The van der Waals surface area contributed by atoms with E-state index in [0.717, 1.165) is 11.4 Å². The van der Waals surface area contributed by atoms with Crippen molar-refractivity contribution in [1.29, 1.82) is 0 Å². The smallest absolute Gasteiger partial charge is 0.221 e. The van der Waals surface area contributed by atoms with Gasteiger partial charge in [-0.2, -0.15) is 0 Å². The number of Topliss-reactive ketones (excluding diaryl/α,β-unsaturated/α-hetero) is 1. The first-order chi connectivity index (χ1) is 9.88. The van der Waals surface area contributed by atoms with E-state index in [2.05, 4.69) is 5.32 Å². The number of aryl methyl sites for hydroxylation is 1. The Kier molecular flexibility index (Phi) is 6.92. The lowest BCUT2D eigenvalue weighted by Crippen LogP contribution is -2.28. The maximum Gasteiger partial charge on any atom is 0.221 e. The van der Waals surface area contributed by atoms with Gasteiger partial charge in [0.25, 0.3) is 0 Å². The molecule has 1 N–H and O–H groups in total. The van der Waals surface area contributed by atoms with Crippen molar-refractivity contribution in [1.82, 2.24) is 9.88 Å². The quantitative estimate of drug-likeness (QED) is 0.454. The number of alkyl halides is 1. The summed E-state index contributed by atoms with van der Waals surface area (Å²) in [6.07, 6.45) is 0.365. The third-order valence-electron chi connectivity index (χ3n) is 3.39. The van der Waals surface area contributed by atoms with Crippen LogP contribution in [0, 0.1) is 13.8 Å². The van der Waals surface area contributed by atoms with Gasteiger partial charge in [-0.3, -0.25) is 9.59 Å². The van der Waals surface area contributed by atoms with Crippen molar-refractivity contribution < 1.29 is 14.3 Å². The lowest BCUT2D eigenvalue weighted by Gasteiger charge is -2.10. The molecule has 118 valence electrons. The maximum absolute atomic E-state index is 12.0. The molecule has 1 rings (SSSR count). The number of carbonyl (C=O) groups is 2. The van der Waals surface area contributed by atoms with Crippen LogP contribution in [0.25, 0.3) is 0 Å². The van der Waals surface area contributed by atoms with E-state index in [1.807, 2.05) is 24.5 Å². The van der Waals surface area contributed by atoms with Crippen LogP contribution in [0.15, 0.2) is 6.07 Å². The monoisotopic (exact) mass is 314 g/mol. The van der Waals surface area contributed by atoms with Gasteiger partial charge in [-0.25, -0.2) is 0 Å². The molecule has 0 aliphatic rings. The number of halogens is 1. The lowest BCUT2D eigenvalue weighted by molar-refractivity contribution is -0.121. The molecule has 1 atom stereocenters. The second-order valence-corrected chi connectivity index (χ2v) is 5.66. The highest BCUT2D eigenvalue weighted by Crippen LogP contribution is 2.19. The second-order valence-electron chi connectivity index (χ2n) is 5.01. The van der Waals surface area contributed by atoms with Crippen LogP contribution in [-0.4, -0.2) is 41.9 Å². The molecule has 0 saturated heterocycles. The maximum atomic E-state index is 12.0. The van der Waals surface area contributed by atoms with E-state index in [4.69, 9.17) is 16.3 Å². The third kappa shape index (κ3) is 4.86. The van der Waals surface area contributed by atoms with Crippen LogP contribution < -0.4 is 5.32 Å². The molecule has 0 aliphatic carbocycles. The molecule has 6 heteroatoms. The van der Waals surface area contributed by atoms with Gasteiger partial charge < -0.3 is 14.6 Å². The highest BCUT2D eigenvalue weighted by molar-refractivity contribution is 6.33. The van der Waals surface area contributed by atoms with Gasteiger partial charge in [0, 0.05) is 43.6 Å². The van der Waals surface area contributed by atoms with Crippen molar-refractivity contribution in [2.24, 2.45) is 0 Å². The summed E-state index contributed by atoms with van der Waals surface area (Å²) in [7, 11) is 1.59. The van der Waals surface area contributed by atoms with Crippen LogP contribution >= 0.6 is 11.6 Å². The van der Waals surface area contributed by atoms with Gasteiger partial charge in [0.1, 0.15) is 0 Å². The van der Waals surface area contributed by atoms with Gasteiger partial charge in [-0.15, -0.1) is 11.6 Å². The number of methoxy groups -OCH3 is 1. The van der Waals surface area contributed by atoms with Gasteiger partial charge in [0.15, 0.2) is 5.78 Å². The molecule has 0 aromatic carbocycles. The van der Waals surface area contributed by atoms with Crippen LogP contribution in [0.3, 0.4) is 0 Å². The van der Waals surface area contributed by atoms with Crippen molar-refractivity contribution in [3.63, 3.8) is 0 Å². The average molecular weight is 315 g/mol. The number of carbonyl (C=O) groups excluding carboxylic acids is 2. The van der Waals surface area contributed by atoms with Crippen molar-refractivity contribution in [2.75, 3.05) is 20.3 Å². The zero-order valence-corrected chi connectivity index (χ0v) is 13.8. The van der Waals surface area contributed by atoms with E-state index in [0.29, 0.717) is 31.7 Å². The van der Waals surface area contributed by atoms with E-state index in [-0.39, 0.29) is 11.7 Å². The predicted octanol–water partition coefficient (Wildman–Crippen LogP) is 2.07. The fraction of sp³-hybridized carbons (Fsp3) is 0.600. The standard InChI is InChI=1S/C15H23ClN2O3/c1-10-9-13(15(20)11(2)16)12(3)18(10)7-5-14(19)17-6-8-21-4/h9,11H,5-8H2,1-4H3,(H,17,19). The number of ether oxygens (including phenoxy) is 1. The number of amides is 1. The lowest BCUT2D eigenvalue weighted by atomic mass is 10.1. The molecule has 1 heterocycles. The molecule has 0 spiro atoms. The van der Waals surface area contributed by atoms with Crippen molar-refractivity contribution >= 4 is 23.3 Å². The fourth-order valence-corrected chi connectivity index (χ4v) is 2.32. The summed E-state index contributed by atoms with van der Waals surface area (Å²) >= 11 is 5.86. The Balaban J connectivity index is 2.68. The first kappa shape index (κ1) is 17.7. The molecule has 1 aromatic rings. The van der Waals surface area contributed by atoms with Crippen molar-refractivity contribution in [3.8, 4) is 0 Å². The van der Waals surface area contributed by atoms with Gasteiger partial charge in [-0.05, 0) is 26.8 Å². The topological polar surface area (TPSA) is 60.3 Å². The minimum absolute atomic E-state index is 0.0295. The minimum Gasteiger partial charge on any atom is -0.383 e. The normalized spacial score (nSPS) is 12.2. The molecule has 21 heavy (non-hydrogen) atoms. The van der Waals surface area contributed by atoms with Gasteiger partial charge in [0.2, 0.25) is 5.91 Å². The molecule has 1 amide bonds. The zero-order chi connectivity index (χ0) is 16.0. The van der Waals surface area contributed by atoms with Crippen LogP contribution in [-0.2, 0) is 16.1 Å². The van der Waals surface area contributed by atoms with E-state index in [1.165, 1.54) is 0 Å². The predicted molar refractivity (Wildman–Crippen MR) is 83.1 cm³/mol. The Hall–Kier alpha value is -1.33. The summed E-state index contributed by atoms with van der Waals surface area (Å²) in [5, 5.41) is 2.23. The molecular formula is C15H23ClN2O3. The molecule has 5 nitrogen and oxygen atoms in total. The Morgan fingerprint density at radius 1 is 1.43 bits per heavy atom. The van der Waals surface area contributed by atoms with Gasteiger partial charge in [0.05, 0.1) is 12.0 Å². The number of ketones is 1. The van der Waals surface area contributed by atoms with Gasteiger partial charge in [-0.1, -0.05) is 0 Å².